The molecule has 1 aromatic heterocycles. The van der Waals surface area contributed by atoms with Crippen molar-refractivity contribution >= 4 is 17.8 Å². The van der Waals surface area contributed by atoms with E-state index in [1.54, 1.807) is 17.0 Å². The Labute approximate surface area is 142 Å². The van der Waals surface area contributed by atoms with Crippen molar-refractivity contribution < 1.29 is 14.3 Å². The lowest BCUT2D eigenvalue weighted by molar-refractivity contribution is 0.0502. The number of hydrogen-bond acceptors (Lipinski definition) is 6. The zero-order valence-corrected chi connectivity index (χ0v) is 14.9. The second-order valence-corrected chi connectivity index (χ2v) is 7.05. The van der Waals surface area contributed by atoms with Gasteiger partial charge in [-0.25, -0.2) is 4.79 Å². The average Bonchev–Trinajstić information content (AvgIpc) is 2.92. The molecule has 2 rings (SSSR count). The maximum Gasteiger partial charge on any atom is 0.407 e. The predicted octanol–water partition coefficient (Wildman–Crippen LogP) is 1.28. The molecule has 0 aromatic carbocycles. The van der Waals surface area contributed by atoms with Gasteiger partial charge in [-0.1, -0.05) is 0 Å². The van der Waals surface area contributed by atoms with Crippen LogP contribution in [-0.2, 0) is 4.74 Å². The number of aromatic nitrogens is 2. The van der Waals surface area contributed by atoms with E-state index >= 15 is 0 Å². The molecule has 1 atom stereocenters. The highest BCUT2D eigenvalue weighted by Crippen LogP contribution is 2.15. The van der Waals surface area contributed by atoms with Crippen LogP contribution in [0.5, 0.6) is 0 Å². The summed E-state index contributed by atoms with van der Waals surface area (Å²) in [6.45, 7) is 6.44. The fraction of sp³-hybridized carbons (Fsp3) is 0.625. The molecule has 1 aromatic rings. The fourth-order valence-electron chi connectivity index (χ4n) is 2.38. The van der Waals surface area contributed by atoms with E-state index in [1.807, 2.05) is 39.8 Å². The number of hydrogen-bond donors (Lipinski definition) is 1. The molecule has 0 unspecified atom stereocenters. The van der Waals surface area contributed by atoms with E-state index in [0.29, 0.717) is 31.0 Å². The van der Waals surface area contributed by atoms with E-state index in [-0.39, 0.29) is 11.9 Å². The van der Waals surface area contributed by atoms with Crippen LogP contribution < -0.4 is 10.2 Å². The van der Waals surface area contributed by atoms with Gasteiger partial charge in [0.05, 0.1) is 6.04 Å². The molecule has 132 valence electrons. The number of nitrogens with zero attached hydrogens (tertiary/aromatic N) is 4. The number of amides is 2. The molecule has 8 nitrogen and oxygen atoms in total. The summed E-state index contributed by atoms with van der Waals surface area (Å²) in [7, 11) is 3.72. The molecule has 0 radical (unpaired) electrons. The number of rotatable bonds is 3. The summed E-state index contributed by atoms with van der Waals surface area (Å²) < 4.78 is 5.24. The van der Waals surface area contributed by atoms with Crippen LogP contribution in [0.3, 0.4) is 0 Å². The summed E-state index contributed by atoms with van der Waals surface area (Å²) in [5, 5.41) is 10.8. The fourth-order valence-corrected chi connectivity index (χ4v) is 2.38. The van der Waals surface area contributed by atoms with E-state index in [4.69, 9.17) is 4.74 Å². The van der Waals surface area contributed by atoms with Crippen LogP contribution in [-0.4, -0.2) is 65.9 Å². The predicted molar refractivity (Wildman–Crippen MR) is 90.0 cm³/mol. The Hall–Kier alpha value is -2.38. The van der Waals surface area contributed by atoms with Crippen LogP contribution in [0.25, 0.3) is 0 Å². The highest BCUT2D eigenvalue weighted by atomic mass is 16.6. The molecule has 8 heteroatoms. The highest BCUT2D eigenvalue weighted by molar-refractivity contribution is 5.92. The molecule has 1 N–H and O–H groups in total. The van der Waals surface area contributed by atoms with Crippen LogP contribution >= 0.6 is 0 Å². The van der Waals surface area contributed by atoms with Gasteiger partial charge >= 0.3 is 6.09 Å². The number of anilines is 1. The van der Waals surface area contributed by atoms with Crippen molar-refractivity contribution in [2.45, 2.75) is 38.8 Å². The second-order valence-electron chi connectivity index (χ2n) is 7.05. The summed E-state index contributed by atoms with van der Waals surface area (Å²) in [6, 6.07) is 3.31. The molecule has 1 saturated heterocycles. The first-order chi connectivity index (χ1) is 11.2. The van der Waals surface area contributed by atoms with Gasteiger partial charge in [-0.15, -0.1) is 10.2 Å². The Morgan fingerprint density at radius 3 is 2.54 bits per heavy atom. The van der Waals surface area contributed by atoms with Crippen molar-refractivity contribution in [3.63, 3.8) is 0 Å². The minimum atomic E-state index is -0.540. The largest absolute Gasteiger partial charge is 0.444 e. The molecule has 0 aliphatic carbocycles. The molecule has 0 saturated carbocycles. The third-order valence-electron chi connectivity index (χ3n) is 3.52. The molecule has 1 fully saturated rings. The lowest BCUT2D eigenvalue weighted by Gasteiger charge is -2.22. The van der Waals surface area contributed by atoms with Crippen LogP contribution in [0.1, 0.15) is 37.7 Å². The minimum Gasteiger partial charge on any atom is -0.444 e. The molecule has 1 aliphatic heterocycles. The van der Waals surface area contributed by atoms with E-state index in [1.165, 1.54) is 0 Å². The van der Waals surface area contributed by atoms with Gasteiger partial charge in [0.2, 0.25) is 0 Å². The Kier molecular flexibility index (Phi) is 5.26. The van der Waals surface area contributed by atoms with E-state index in [0.717, 1.165) is 0 Å². The summed E-state index contributed by atoms with van der Waals surface area (Å²) in [6.07, 6.45) is 0.228. The number of nitrogens with one attached hydrogen (secondary N) is 1. The van der Waals surface area contributed by atoms with Crippen LogP contribution in [0.4, 0.5) is 10.6 Å². The van der Waals surface area contributed by atoms with Crippen LogP contribution in [0.15, 0.2) is 12.1 Å². The Bertz CT molecular complexity index is 595. The van der Waals surface area contributed by atoms with Crippen molar-refractivity contribution in [1.82, 2.24) is 20.4 Å². The van der Waals surface area contributed by atoms with Gasteiger partial charge in [-0.05, 0) is 39.3 Å². The Balaban J connectivity index is 1.90. The maximum absolute atomic E-state index is 12.5. The first kappa shape index (κ1) is 18.0. The molecule has 0 spiro atoms. The molecule has 24 heavy (non-hydrogen) atoms. The van der Waals surface area contributed by atoms with Gasteiger partial charge in [-0.2, -0.15) is 0 Å². The lowest BCUT2D eigenvalue weighted by Crippen LogP contribution is -2.41. The SMILES string of the molecule is CN(C)c1ccc(C(=O)N2CC[C@@H](NC(=O)OC(C)(C)C)C2)nn1. The third kappa shape index (κ3) is 4.81. The second kappa shape index (κ2) is 7.02. The standard InChI is InChI=1S/C16H25N5O3/c1-16(2,3)24-15(23)17-11-8-9-21(10-11)14(22)12-6-7-13(19-18-12)20(4)5/h6-7,11H,8-10H2,1-5H3,(H,17,23)/t11-/m1/s1. The van der Waals surface area contributed by atoms with Crippen molar-refractivity contribution in [3.8, 4) is 0 Å². The van der Waals surface area contributed by atoms with Gasteiger partial charge < -0.3 is 19.9 Å². The minimum absolute atomic E-state index is 0.113. The number of ether oxygens (including phenoxy) is 1. The number of alkyl carbamates (subject to hydrolysis) is 1. The smallest absolute Gasteiger partial charge is 0.407 e. The topological polar surface area (TPSA) is 87.7 Å². The summed E-state index contributed by atoms with van der Waals surface area (Å²) in [5.74, 6) is 0.513. The maximum atomic E-state index is 12.5. The first-order valence-corrected chi connectivity index (χ1v) is 7.95. The van der Waals surface area contributed by atoms with E-state index in [9.17, 15) is 9.59 Å². The van der Waals surface area contributed by atoms with Crippen molar-refractivity contribution in [3.05, 3.63) is 17.8 Å². The molecule has 0 bridgehead atoms. The zero-order valence-electron chi connectivity index (χ0n) is 14.9. The normalized spacial score (nSPS) is 17.5. The van der Waals surface area contributed by atoms with Crippen molar-refractivity contribution in [2.75, 3.05) is 32.1 Å². The van der Waals surface area contributed by atoms with Crippen LogP contribution in [0.2, 0.25) is 0 Å². The van der Waals surface area contributed by atoms with Gasteiger partial charge in [0.15, 0.2) is 11.5 Å². The summed E-state index contributed by atoms with van der Waals surface area (Å²) in [5.41, 5.74) is -0.236. The zero-order chi connectivity index (χ0) is 17.9. The number of likely N-dealkylation sites (tertiary alicyclic amines) is 1. The molecule has 2 heterocycles. The summed E-state index contributed by atoms with van der Waals surface area (Å²) in [4.78, 5) is 27.7. The van der Waals surface area contributed by atoms with Gasteiger partial charge in [0.1, 0.15) is 5.60 Å². The first-order valence-electron chi connectivity index (χ1n) is 7.95. The molecular weight excluding hydrogens is 310 g/mol. The third-order valence-corrected chi connectivity index (χ3v) is 3.52. The highest BCUT2D eigenvalue weighted by Gasteiger charge is 2.30. The number of carbonyl (C=O) groups is 2. The average molecular weight is 335 g/mol. The lowest BCUT2D eigenvalue weighted by atomic mass is 10.2. The van der Waals surface area contributed by atoms with E-state index < -0.39 is 11.7 Å². The number of carbonyl (C=O) groups excluding carboxylic acids is 2. The van der Waals surface area contributed by atoms with Gasteiger partial charge in [0, 0.05) is 27.2 Å². The molecule has 2 amide bonds. The summed E-state index contributed by atoms with van der Waals surface area (Å²) >= 11 is 0. The van der Waals surface area contributed by atoms with Gasteiger partial charge in [-0.3, -0.25) is 4.79 Å². The van der Waals surface area contributed by atoms with E-state index in [2.05, 4.69) is 15.5 Å². The Morgan fingerprint density at radius 1 is 1.29 bits per heavy atom. The van der Waals surface area contributed by atoms with Gasteiger partial charge in [0.25, 0.3) is 5.91 Å². The monoisotopic (exact) mass is 335 g/mol. The van der Waals surface area contributed by atoms with Crippen molar-refractivity contribution in [1.29, 1.82) is 0 Å². The van der Waals surface area contributed by atoms with Crippen molar-refractivity contribution in [2.24, 2.45) is 0 Å². The quantitative estimate of drug-likeness (QED) is 0.895. The molecule has 1 aliphatic rings. The Morgan fingerprint density at radius 2 is 2.00 bits per heavy atom. The van der Waals surface area contributed by atoms with Crippen LogP contribution in [0, 0.1) is 0 Å². The molecular formula is C16H25N5O3.